The van der Waals surface area contributed by atoms with Gasteiger partial charge in [0.15, 0.2) is 0 Å². The molecule has 20 heavy (non-hydrogen) atoms. The minimum atomic E-state index is -0.373. The van der Waals surface area contributed by atoms with Crippen molar-refractivity contribution in [1.82, 2.24) is 10.2 Å². The molecule has 1 atom stereocenters. The Morgan fingerprint density at radius 3 is 2.85 bits per heavy atom. The van der Waals surface area contributed by atoms with Gasteiger partial charge in [-0.3, -0.25) is 9.69 Å². The maximum Gasteiger partial charge on any atom is 0.239 e. The molecule has 0 aromatic heterocycles. The van der Waals surface area contributed by atoms with Crippen LogP contribution in [0.5, 0.6) is 5.75 Å². The van der Waals surface area contributed by atoms with E-state index in [-0.39, 0.29) is 11.9 Å². The molecule has 1 aromatic rings. The van der Waals surface area contributed by atoms with Gasteiger partial charge >= 0.3 is 0 Å². The Morgan fingerprint density at radius 2 is 2.20 bits per heavy atom. The van der Waals surface area contributed by atoms with Gasteiger partial charge in [-0.2, -0.15) is 0 Å². The van der Waals surface area contributed by atoms with Crippen LogP contribution < -0.4 is 15.8 Å². The Balaban J connectivity index is 2.17. The summed E-state index contributed by atoms with van der Waals surface area (Å²) in [6, 6.07) is 7.32. The van der Waals surface area contributed by atoms with E-state index in [0.29, 0.717) is 6.61 Å². The Morgan fingerprint density at radius 1 is 1.45 bits per heavy atom. The highest BCUT2D eigenvalue weighted by Gasteiger charge is 2.27. The molecular formula is C15H23N3O2. The summed E-state index contributed by atoms with van der Waals surface area (Å²) in [5, 5.41) is 3.28. The number of benzene rings is 1. The average molecular weight is 277 g/mol. The van der Waals surface area contributed by atoms with Crippen LogP contribution in [-0.4, -0.2) is 43.6 Å². The molecule has 5 nitrogen and oxygen atoms in total. The average Bonchev–Trinajstić information content (AvgIpc) is 2.46. The number of nitrogens with zero attached hydrogens (tertiary/aromatic N) is 1. The van der Waals surface area contributed by atoms with Crippen molar-refractivity contribution in [2.75, 3.05) is 32.8 Å². The number of nitrogens with two attached hydrogens (primary N) is 1. The number of hydrogen-bond donors (Lipinski definition) is 2. The smallest absolute Gasteiger partial charge is 0.239 e. The Labute approximate surface area is 120 Å². The first-order chi connectivity index (χ1) is 9.72. The highest BCUT2D eigenvalue weighted by atomic mass is 16.5. The number of carbonyl (C=O) groups excluding carboxylic acids is 1. The zero-order valence-electron chi connectivity index (χ0n) is 12.0. The van der Waals surface area contributed by atoms with Crippen molar-refractivity contribution in [3.8, 4) is 5.75 Å². The number of primary amides is 1. The minimum Gasteiger partial charge on any atom is -0.494 e. The quantitative estimate of drug-likeness (QED) is 0.811. The summed E-state index contributed by atoms with van der Waals surface area (Å²) in [6.45, 7) is 6.17. The van der Waals surface area contributed by atoms with E-state index in [1.807, 2.05) is 24.3 Å². The molecule has 1 fully saturated rings. The molecule has 1 amide bonds. The molecule has 0 aliphatic carbocycles. The fraction of sp³-hybridized carbons (Fsp3) is 0.533. The first kappa shape index (κ1) is 14.8. The van der Waals surface area contributed by atoms with E-state index in [4.69, 9.17) is 10.5 Å². The summed E-state index contributed by atoms with van der Waals surface area (Å²) in [4.78, 5) is 14.0. The standard InChI is InChI=1S/C15H23N3O2/c1-2-10-20-13-5-3-4-12(11-13)14(15(16)19)18-8-6-17-7-9-18/h3-5,11,14,17H,2,6-10H2,1H3,(H2,16,19). The Kier molecular flexibility index (Phi) is 5.38. The van der Waals surface area contributed by atoms with Gasteiger partial charge in [-0.1, -0.05) is 19.1 Å². The molecule has 0 saturated carbocycles. The second kappa shape index (κ2) is 7.26. The second-order valence-electron chi connectivity index (χ2n) is 5.01. The second-order valence-corrected chi connectivity index (χ2v) is 5.01. The molecule has 0 bridgehead atoms. The summed E-state index contributed by atoms with van der Waals surface area (Å²) in [7, 11) is 0. The number of rotatable bonds is 6. The molecule has 1 aliphatic heterocycles. The zero-order chi connectivity index (χ0) is 14.4. The van der Waals surface area contributed by atoms with Crippen LogP contribution in [0, 0.1) is 0 Å². The van der Waals surface area contributed by atoms with E-state index in [2.05, 4.69) is 17.1 Å². The van der Waals surface area contributed by atoms with Gasteiger partial charge in [0.1, 0.15) is 11.8 Å². The van der Waals surface area contributed by atoms with Crippen LogP contribution >= 0.6 is 0 Å². The van der Waals surface area contributed by atoms with Gasteiger partial charge < -0.3 is 15.8 Å². The SMILES string of the molecule is CCCOc1cccc(C(C(N)=O)N2CCNCC2)c1. The lowest BCUT2D eigenvalue weighted by Gasteiger charge is -2.33. The number of nitrogens with one attached hydrogen (secondary N) is 1. The molecule has 5 heteroatoms. The third kappa shape index (κ3) is 3.71. The van der Waals surface area contributed by atoms with E-state index >= 15 is 0 Å². The largest absolute Gasteiger partial charge is 0.494 e. The van der Waals surface area contributed by atoms with Gasteiger partial charge in [0, 0.05) is 26.2 Å². The molecule has 0 radical (unpaired) electrons. The fourth-order valence-corrected chi connectivity index (χ4v) is 2.49. The van der Waals surface area contributed by atoms with Crippen molar-refractivity contribution in [2.24, 2.45) is 5.73 Å². The van der Waals surface area contributed by atoms with Crippen molar-refractivity contribution in [3.63, 3.8) is 0 Å². The Hall–Kier alpha value is -1.59. The van der Waals surface area contributed by atoms with Crippen LogP contribution in [0.25, 0.3) is 0 Å². The number of ether oxygens (including phenoxy) is 1. The summed E-state index contributed by atoms with van der Waals surface area (Å²) in [5.41, 5.74) is 6.52. The topological polar surface area (TPSA) is 67.6 Å². The van der Waals surface area contributed by atoms with Crippen LogP contribution in [0.15, 0.2) is 24.3 Å². The van der Waals surface area contributed by atoms with Crippen molar-refractivity contribution in [1.29, 1.82) is 0 Å². The van der Waals surface area contributed by atoms with Crippen molar-refractivity contribution in [2.45, 2.75) is 19.4 Å². The fourth-order valence-electron chi connectivity index (χ4n) is 2.49. The van der Waals surface area contributed by atoms with E-state index in [1.165, 1.54) is 0 Å². The predicted molar refractivity (Wildman–Crippen MR) is 78.6 cm³/mol. The van der Waals surface area contributed by atoms with Crippen LogP contribution in [0.4, 0.5) is 0 Å². The lowest BCUT2D eigenvalue weighted by molar-refractivity contribution is -0.123. The van der Waals surface area contributed by atoms with Gasteiger partial charge in [0.25, 0.3) is 0 Å². The van der Waals surface area contributed by atoms with Crippen LogP contribution in [0.1, 0.15) is 24.9 Å². The molecule has 1 aromatic carbocycles. The molecule has 1 saturated heterocycles. The third-order valence-corrected chi connectivity index (χ3v) is 3.43. The molecule has 3 N–H and O–H groups in total. The van der Waals surface area contributed by atoms with Crippen LogP contribution in [0.2, 0.25) is 0 Å². The molecule has 110 valence electrons. The molecule has 2 rings (SSSR count). The normalized spacial score (nSPS) is 17.6. The summed E-state index contributed by atoms with van der Waals surface area (Å²) in [5.74, 6) is 0.491. The number of hydrogen-bond acceptors (Lipinski definition) is 4. The number of amides is 1. The number of carbonyl (C=O) groups is 1. The van der Waals surface area contributed by atoms with E-state index < -0.39 is 0 Å². The molecule has 1 heterocycles. The lowest BCUT2D eigenvalue weighted by atomic mass is 10.0. The first-order valence-electron chi connectivity index (χ1n) is 7.19. The van der Waals surface area contributed by atoms with Gasteiger partial charge in [0.2, 0.25) is 5.91 Å². The third-order valence-electron chi connectivity index (χ3n) is 3.43. The highest BCUT2D eigenvalue weighted by Crippen LogP contribution is 2.24. The van der Waals surface area contributed by atoms with E-state index in [1.54, 1.807) is 0 Å². The monoisotopic (exact) mass is 277 g/mol. The minimum absolute atomic E-state index is 0.306. The zero-order valence-corrected chi connectivity index (χ0v) is 12.0. The molecular weight excluding hydrogens is 254 g/mol. The first-order valence-corrected chi connectivity index (χ1v) is 7.19. The molecule has 1 unspecified atom stereocenters. The molecule has 0 spiro atoms. The van der Waals surface area contributed by atoms with E-state index in [9.17, 15) is 4.79 Å². The van der Waals surface area contributed by atoms with Crippen molar-refractivity contribution < 1.29 is 9.53 Å². The lowest BCUT2D eigenvalue weighted by Crippen LogP contribution is -2.48. The van der Waals surface area contributed by atoms with Gasteiger partial charge in [-0.05, 0) is 24.1 Å². The number of piperazine rings is 1. The highest BCUT2D eigenvalue weighted by molar-refractivity contribution is 5.81. The maximum atomic E-state index is 11.8. The summed E-state index contributed by atoms with van der Waals surface area (Å²) >= 11 is 0. The molecule has 1 aliphatic rings. The summed E-state index contributed by atoms with van der Waals surface area (Å²) < 4.78 is 5.63. The Bertz CT molecular complexity index is 444. The van der Waals surface area contributed by atoms with Gasteiger partial charge in [-0.15, -0.1) is 0 Å². The van der Waals surface area contributed by atoms with Crippen molar-refractivity contribution in [3.05, 3.63) is 29.8 Å². The van der Waals surface area contributed by atoms with Gasteiger partial charge in [0.05, 0.1) is 6.61 Å². The van der Waals surface area contributed by atoms with Crippen LogP contribution in [0.3, 0.4) is 0 Å². The maximum absolute atomic E-state index is 11.8. The van der Waals surface area contributed by atoms with Crippen molar-refractivity contribution >= 4 is 5.91 Å². The predicted octanol–water partition coefficient (Wildman–Crippen LogP) is 0.907. The van der Waals surface area contributed by atoms with Crippen LogP contribution in [-0.2, 0) is 4.79 Å². The van der Waals surface area contributed by atoms with Gasteiger partial charge in [-0.25, -0.2) is 0 Å². The van der Waals surface area contributed by atoms with E-state index in [0.717, 1.165) is 43.9 Å². The summed E-state index contributed by atoms with van der Waals surface area (Å²) in [6.07, 6.45) is 0.960.